The number of benzene rings is 2. The van der Waals surface area contributed by atoms with Gasteiger partial charge in [-0.05, 0) is 35.2 Å². The minimum Gasteiger partial charge on any atom is -0.323 e. The zero-order chi connectivity index (χ0) is 19.5. The number of carbonyl (C=O) groups excluding carboxylic acids is 2. The summed E-state index contributed by atoms with van der Waals surface area (Å²) in [5.41, 5.74) is 1.96. The molecule has 0 spiro atoms. The highest BCUT2D eigenvalue weighted by molar-refractivity contribution is 6.35. The van der Waals surface area contributed by atoms with E-state index in [0.29, 0.717) is 15.7 Å². The Morgan fingerprint density at radius 3 is 2.35 bits per heavy atom. The highest BCUT2D eigenvalue weighted by atomic mass is 35.5. The van der Waals surface area contributed by atoms with Crippen molar-refractivity contribution >= 4 is 46.4 Å². The average Bonchev–Trinajstić information content (AvgIpc) is 2.55. The zero-order valence-electron chi connectivity index (χ0n) is 15.3. The van der Waals surface area contributed by atoms with Crippen LogP contribution in [0.4, 0.5) is 11.4 Å². The highest BCUT2D eigenvalue weighted by Crippen LogP contribution is 2.32. The molecule has 0 fully saturated rings. The van der Waals surface area contributed by atoms with E-state index in [4.69, 9.17) is 23.2 Å². The molecule has 0 aromatic heterocycles. The van der Waals surface area contributed by atoms with Crippen molar-refractivity contribution in [1.29, 1.82) is 0 Å². The molecule has 0 aliphatic rings. The number of halogens is 2. The molecule has 2 aromatic rings. The minimum absolute atomic E-state index is 0.120. The van der Waals surface area contributed by atoms with Crippen LogP contribution >= 0.6 is 23.2 Å². The maximum absolute atomic E-state index is 12.5. The van der Waals surface area contributed by atoms with Crippen LogP contribution in [0.3, 0.4) is 0 Å². The summed E-state index contributed by atoms with van der Waals surface area (Å²) in [5, 5.41) is 3.56. The van der Waals surface area contributed by atoms with Crippen molar-refractivity contribution in [1.82, 2.24) is 0 Å². The largest absolute Gasteiger partial charge is 0.323 e. The molecule has 0 atom stereocenters. The molecule has 0 heterocycles. The average molecular weight is 393 g/mol. The maximum atomic E-state index is 12.5. The molecule has 0 radical (unpaired) electrons. The number of carbonyl (C=O) groups is 2. The van der Waals surface area contributed by atoms with Crippen LogP contribution in [-0.4, -0.2) is 18.4 Å². The van der Waals surface area contributed by atoms with Gasteiger partial charge in [-0.15, -0.1) is 0 Å². The normalized spacial score (nSPS) is 11.2. The smallest absolute Gasteiger partial charge is 0.244 e. The predicted molar refractivity (Wildman–Crippen MR) is 108 cm³/mol. The zero-order valence-corrected chi connectivity index (χ0v) is 16.8. The van der Waals surface area contributed by atoms with E-state index >= 15 is 0 Å². The van der Waals surface area contributed by atoms with Crippen LogP contribution in [0.25, 0.3) is 0 Å². The molecular formula is C20H22Cl2N2O2. The lowest BCUT2D eigenvalue weighted by Crippen LogP contribution is -2.38. The first-order valence-corrected chi connectivity index (χ1v) is 8.97. The van der Waals surface area contributed by atoms with Gasteiger partial charge in [-0.3, -0.25) is 9.59 Å². The van der Waals surface area contributed by atoms with E-state index in [0.717, 1.165) is 11.3 Å². The summed E-state index contributed by atoms with van der Waals surface area (Å²) in [6.45, 7) is 7.52. The van der Waals surface area contributed by atoms with E-state index in [1.165, 1.54) is 11.8 Å². The third kappa shape index (κ3) is 4.99. The van der Waals surface area contributed by atoms with Gasteiger partial charge in [0.25, 0.3) is 0 Å². The molecule has 2 aromatic carbocycles. The van der Waals surface area contributed by atoms with E-state index in [2.05, 4.69) is 26.1 Å². The highest BCUT2D eigenvalue weighted by Gasteiger charge is 2.24. The van der Waals surface area contributed by atoms with E-state index < -0.39 is 0 Å². The lowest BCUT2D eigenvalue weighted by Gasteiger charge is -2.29. The number of anilines is 2. The van der Waals surface area contributed by atoms with Crippen molar-refractivity contribution in [2.24, 2.45) is 0 Å². The Morgan fingerprint density at radius 1 is 1.08 bits per heavy atom. The molecular weight excluding hydrogens is 371 g/mol. The molecule has 1 N–H and O–H groups in total. The van der Waals surface area contributed by atoms with E-state index in [1.807, 2.05) is 24.3 Å². The van der Waals surface area contributed by atoms with Crippen LogP contribution < -0.4 is 10.2 Å². The van der Waals surface area contributed by atoms with Gasteiger partial charge < -0.3 is 10.2 Å². The van der Waals surface area contributed by atoms with Crippen LogP contribution in [0.2, 0.25) is 10.0 Å². The summed E-state index contributed by atoms with van der Waals surface area (Å²) in [4.78, 5) is 26.2. The fourth-order valence-electron chi connectivity index (χ4n) is 2.64. The fourth-order valence-corrected chi connectivity index (χ4v) is 2.97. The molecule has 26 heavy (non-hydrogen) atoms. The second-order valence-corrected chi connectivity index (χ2v) is 7.89. The first kappa shape index (κ1) is 20.3. The molecule has 0 saturated carbocycles. The summed E-state index contributed by atoms with van der Waals surface area (Å²) >= 11 is 12.0. The number of nitrogens with one attached hydrogen (secondary N) is 1. The molecule has 0 saturated heterocycles. The van der Waals surface area contributed by atoms with Gasteiger partial charge in [-0.25, -0.2) is 0 Å². The minimum atomic E-state index is -0.354. The van der Waals surface area contributed by atoms with Gasteiger partial charge in [-0.1, -0.05) is 62.2 Å². The number of hydrogen-bond donors (Lipinski definition) is 1. The lowest BCUT2D eigenvalue weighted by molar-refractivity contribution is -0.120. The maximum Gasteiger partial charge on any atom is 0.244 e. The molecule has 4 nitrogen and oxygen atoms in total. The van der Waals surface area contributed by atoms with Crippen molar-refractivity contribution in [3.8, 4) is 0 Å². The Balaban J connectivity index is 2.28. The van der Waals surface area contributed by atoms with E-state index in [9.17, 15) is 9.59 Å². The van der Waals surface area contributed by atoms with Gasteiger partial charge in [0.05, 0.1) is 10.7 Å². The van der Waals surface area contributed by atoms with Crippen LogP contribution in [0.15, 0.2) is 42.5 Å². The van der Waals surface area contributed by atoms with Gasteiger partial charge in [0.1, 0.15) is 6.54 Å². The Morgan fingerprint density at radius 2 is 1.73 bits per heavy atom. The molecule has 138 valence electrons. The van der Waals surface area contributed by atoms with E-state index in [-0.39, 0.29) is 23.8 Å². The Bertz CT molecular complexity index is 829. The Labute approximate surface area is 164 Å². The molecule has 2 rings (SSSR count). The van der Waals surface area contributed by atoms with Crippen LogP contribution in [0, 0.1) is 0 Å². The quantitative estimate of drug-likeness (QED) is 0.768. The number of nitrogens with zero attached hydrogens (tertiary/aromatic N) is 1. The summed E-state index contributed by atoms with van der Waals surface area (Å²) in [6, 6.07) is 12.4. The number of hydrogen-bond acceptors (Lipinski definition) is 2. The first-order chi connectivity index (χ1) is 12.1. The molecule has 0 unspecified atom stereocenters. The predicted octanol–water partition coefficient (Wildman–Crippen LogP) is 5.28. The molecule has 0 aliphatic heterocycles. The number of rotatable bonds is 4. The summed E-state index contributed by atoms with van der Waals surface area (Å²) < 4.78 is 0. The molecule has 2 amide bonds. The standard InChI is InChI=1S/C20H22Cl2N2O2/c1-13(25)24(18-8-6-5-7-15(18)20(2,3)4)12-19(26)23-17-11-14(21)9-10-16(17)22/h5-11H,12H2,1-4H3,(H,23,26). The van der Waals surface area contributed by atoms with Crippen molar-refractivity contribution in [3.63, 3.8) is 0 Å². The SMILES string of the molecule is CC(=O)N(CC(=O)Nc1cc(Cl)ccc1Cl)c1ccccc1C(C)(C)C. The first-order valence-electron chi connectivity index (χ1n) is 8.22. The summed E-state index contributed by atoms with van der Waals surface area (Å²) in [7, 11) is 0. The van der Waals surface area contributed by atoms with Crippen LogP contribution in [0.5, 0.6) is 0 Å². The Kier molecular flexibility index (Phi) is 6.32. The second kappa shape index (κ2) is 8.11. The summed E-state index contributed by atoms with van der Waals surface area (Å²) in [6.07, 6.45) is 0. The van der Waals surface area contributed by atoms with Crippen molar-refractivity contribution in [2.45, 2.75) is 33.1 Å². The van der Waals surface area contributed by atoms with Gasteiger partial charge in [-0.2, -0.15) is 0 Å². The fraction of sp³-hybridized carbons (Fsp3) is 0.300. The van der Waals surface area contributed by atoms with E-state index in [1.54, 1.807) is 18.2 Å². The van der Waals surface area contributed by atoms with Gasteiger partial charge in [0, 0.05) is 17.6 Å². The topological polar surface area (TPSA) is 49.4 Å². The number of para-hydroxylation sites is 1. The number of amides is 2. The third-order valence-corrected chi connectivity index (χ3v) is 4.45. The Hall–Kier alpha value is -2.04. The summed E-state index contributed by atoms with van der Waals surface area (Å²) in [5.74, 6) is -0.567. The molecule has 0 bridgehead atoms. The van der Waals surface area contributed by atoms with Gasteiger partial charge in [0.2, 0.25) is 11.8 Å². The van der Waals surface area contributed by atoms with Crippen LogP contribution in [-0.2, 0) is 15.0 Å². The molecule has 6 heteroatoms. The van der Waals surface area contributed by atoms with Crippen molar-refractivity contribution in [3.05, 3.63) is 58.1 Å². The van der Waals surface area contributed by atoms with Crippen molar-refractivity contribution < 1.29 is 9.59 Å². The van der Waals surface area contributed by atoms with Crippen LogP contribution in [0.1, 0.15) is 33.3 Å². The monoisotopic (exact) mass is 392 g/mol. The second-order valence-electron chi connectivity index (χ2n) is 7.04. The molecule has 0 aliphatic carbocycles. The van der Waals surface area contributed by atoms with Gasteiger partial charge >= 0.3 is 0 Å². The third-order valence-electron chi connectivity index (χ3n) is 3.89. The van der Waals surface area contributed by atoms with Gasteiger partial charge in [0.15, 0.2) is 0 Å². The van der Waals surface area contributed by atoms with Crippen molar-refractivity contribution in [2.75, 3.05) is 16.8 Å². The lowest BCUT2D eigenvalue weighted by atomic mass is 9.85.